The fraction of sp³-hybridized carbons (Fsp3) is 0. The molecule has 0 heterocycles. The first-order valence-electron chi connectivity index (χ1n) is 5.05. The van der Waals surface area contributed by atoms with Crippen molar-refractivity contribution in [1.82, 2.24) is 0 Å². The van der Waals surface area contributed by atoms with Gasteiger partial charge in [-0.25, -0.2) is 0 Å². The molecule has 0 fully saturated rings. The first-order valence-corrected chi connectivity index (χ1v) is 5.81. The lowest BCUT2D eigenvalue weighted by Crippen LogP contribution is -1.91. The fourth-order valence-corrected chi connectivity index (χ4v) is 1.81. The van der Waals surface area contributed by atoms with Gasteiger partial charge in [0.25, 0.3) is 0 Å². The van der Waals surface area contributed by atoms with E-state index in [1.807, 2.05) is 30.3 Å². The third-order valence-electron chi connectivity index (χ3n) is 2.16. The van der Waals surface area contributed by atoms with Gasteiger partial charge in [-0.3, -0.25) is 5.43 Å². The summed E-state index contributed by atoms with van der Waals surface area (Å²) in [6.45, 7) is 0. The molecule has 0 spiro atoms. The highest BCUT2D eigenvalue weighted by molar-refractivity contribution is 6.38. The third-order valence-corrected chi connectivity index (χ3v) is 2.82. The SMILES string of the molecule is Clc1cccc(Cl)c1/C=N/Nc1ccccc1. The van der Waals surface area contributed by atoms with Gasteiger partial charge in [0.1, 0.15) is 0 Å². The number of halogens is 2. The van der Waals surface area contributed by atoms with Crippen LogP contribution in [0.2, 0.25) is 10.0 Å². The summed E-state index contributed by atoms with van der Waals surface area (Å²) in [5, 5.41) is 5.25. The molecule has 0 atom stereocenters. The van der Waals surface area contributed by atoms with Crippen molar-refractivity contribution in [2.75, 3.05) is 5.43 Å². The number of hydrogen-bond acceptors (Lipinski definition) is 2. The lowest BCUT2D eigenvalue weighted by molar-refractivity contribution is 1.35. The van der Waals surface area contributed by atoms with Crippen LogP contribution in [0.4, 0.5) is 5.69 Å². The molecule has 0 aromatic heterocycles. The average molecular weight is 265 g/mol. The van der Waals surface area contributed by atoms with Crippen LogP contribution in [-0.2, 0) is 0 Å². The number of nitrogens with zero attached hydrogens (tertiary/aromatic N) is 1. The molecule has 0 bridgehead atoms. The van der Waals surface area contributed by atoms with E-state index < -0.39 is 0 Å². The number of rotatable bonds is 3. The molecule has 2 aromatic carbocycles. The number of nitrogens with one attached hydrogen (secondary N) is 1. The van der Waals surface area contributed by atoms with Crippen molar-refractivity contribution >= 4 is 35.1 Å². The molecule has 86 valence electrons. The molecule has 0 unspecified atom stereocenters. The van der Waals surface area contributed by atoms with Crippen LogP contribution in [0.1, 0.15) is 5.56 Å². The molecular formula is C13H10Cl2N2. The largest absolute Gasteiger partial charge is 0.279 e. The maximum atomic E-state index is 6.01. The number of para-hydroxylation sites is 1. The Labute approximate surface area is 110 Å². The van der Waals surface area contributed by atoms with E-state index in [4.69, 9.17) is 23.2 Å². The fourth-order valence-electron chi connectivity index (χ4n) is 1.32. The lowest BCUT2D eigenvalue weighted by atomic mass is 10.2. The number of benzene rings is 2. The molecule has 1 N–H and O–H groups in total. The quantitative estimate of drug-likeness (QED) is 0.644. The van der Waals surface area contributed by atoms with E-state index in [1.165, 1.54) is 0 Å². The molecule has 2 nitrogen and oxygen atoms in total. The van der Waals surface area contributed by atoms with E-state index in [1.54, 1.807) is 24.4 Å². The second-order valence-corrected chi connectivity index (χ2v) is 4.19. The van der Waals surface area contributed by atoms with Gasteiger partial charge in [-0.2, -0.15) is 5.10 Å². The molecule has 17 heavy (non-hydrogen) atoms. The van der Waals surface area contributed by atoms with Crippen LogP contribution in [-0.4, -0.2) is 6.21 Å². The lowest BCUT2D eigenvalue weighted by Gasteiger charge is -2.01. The predicted octanol–water partition coefficient (Wildman–Crippen LogP) is 4.44. The second kappa shape index (κ2) is 5.71. The van der Waals surface area contributed by atoms with Crippen molar-refractivity contribution in [1.29, 1.82) is 0 Å². The summed E-state index contributed by atoms with van der Waals surface area (Å²) in [6.07, 6.45) is 1.61. The van der Waals surface area contributed by atoms with Crippen molar-refractivity contribution in [2.24, 2.45) is 5.10 Å². The minimum absolute atomic E-state index is 0.580. The van der Waals surface area contributed by atoms with Gasteiger partial charge in [0.05, 0.1) is 21.9 Å². The maximum absolute atomic E-state index is 6.01. The summed E-state index contributed by atoms with van der Waals surface area (Å²) in [5.74, 6) is 0. The van der Waals surface area contributed by atoms with Crippen molar-refractivity contribution in [3.63, 3.8) is 0 Å². The van der Waals surface area contributed by atoms with Gasteiger partial charge in [0, 0.05) is 5.56 Å². The van der Waals surface area contributed by atoms with Gasteiger partial charge in [-0.15, -0.1) is 0 Å². The molecule has 0 radical (unpaired) electrons. The summed E-state index contributed by atoms with van der Waals surface area (Å²) in [4.78, 5) is 0. The highest BCUT2D eigenvalue weighted by Gasteiger charge is 2.01. The monoisotopic (exact) mass is 264 g/mol. The Kier molecular flexibility index (Phi) is 4.02. The zero-order chi connectivity index (χ0) is 12.1. The smallest absolute Gasteiger partial charge is 0.0574 e. The molecule has 0 aliphatic rings. The average Bonchev–Trinajstić information content (AvgIpc) is 2.34. The summed E-state index contributed by atoms with van der Waals surface area (Å²) in [7, 11) is 0. The standard InChI is InChI=1S/C13H10Cl2N2/c14-12-7-4-8-13(15)11(12)9-16-17-10-5-2-1-3-6-10/h1-9,17H/b16-9+. The van der Waals surface area contributed by atoms with Crippen molar-refractivity contribution in [2.45, 2.75) is 0 Å². The summed E-state index contributed by atoms with van der Waals surface area (Å²) < 4.78 is 0. The van der Waals surface area contributed by atoms with Crippen molar-refractivity contribution in [3.8, 4) is 0 Å². The minimum Gasteiger partial charge on any atom is -0.279 e. The van der Waals surface area contributed by atoms with Crippen LogP contribution in [0.15, 0.2) is 53.6 Å². The van der Waals surface area contributed by atoms with E-state index in [0.717, 1.165) is 5.69 Å². The number of anilines is 1. The van der Waals surface area contributed by atoms with Crippen LogP contribution < -0.4 is 5.43 Å². The van der Waals surface area contributed by atoms with E-state index in [9.17, 15) is 0 Å². The third kappa shape index (κ3) is 3.22. The molecular weight excluding hydrogens is 255 g/mol. The molecule has 0 saturated carbocycles. The Morgan fingerprint density at radius 3 is 2.18 bits per heavy atom. The number of hydrazone groups is 1. The van der Waals surface area contributed by atoms with E-state index >= 15 is 0 Å². The molecule has 0 saturated heterocycles. The molecule has 0 amide bonds. The van der Waals surface area contributed by atoms with Gasteiger partial charge in [0.15, 0.2) is 0 Å². The first kappa shape index (κ1) is 12.0. The Hall–Kier alpha value is -1.51. The van der Waals surface area contributed by atoms with Crippen molar-refractivity contribution in [3.05, 3.63) is 64.1 Å². The van der Waals surface area contributed by atoms with Gasteiger partial charge in [-0.05, 0) is 24.3 Å². The molecule has 0 aliphatic heterocycles. The maximum Gasteiger partial charge on any atom is 0.0574 e. The highest BCUT2D eigenvalue weighted by Crippen LogP contribution is 2.22. The van der Waals surface area contributed by atoms with Gasteiger partial charge < -0.3 is 0 Å². The Morgan fingerprint density at radius 2 is 1.53 bits per heavy atom. The predicted molar refractivity (Wildman–Crippen MR) is 74.1 cm³/mol. The Morgan fingerprint density at radius 1 is 0.882 bits per heavy atom. The summed E-state index contributed by atoms with van der Waals surface area (Å²) in [5.41, 5.74) is 4.52. The zero-order valence-corrected chi connectivity index (χ0v) is 10.4. The van der Waals surface area contributed by atoms with Crippen molar-refractivity contribution < 1.29 is 0 Å². The first-order chi connectivity index (χ1) is 8.27. The molecule has 0 aliphatic carbocycles. The van der Waals surface area contributed by atoms with Crippen LogP contribution in [0.3, 0.4) is 0 Å². The van der Waals surface area contributed by atoms with E-state index in [2.05, 4.69) is 10.5 Å². The van der Waals surface area contributed by atoms with E-state index in [0.29, 0.717) is 15.6 Å². The summed E-state index contributed by atoms with van der Waals surface area (Å²) >= 11 is 12.0. The van der Waals surface area contributed by atoms with E-state index in [-0.39, 0.29) is 0 Å². The zero-order valence-electron chi connectivity index (χ0n) is 8.90. The molecule has 2 rings (SSSR count). The second-order valence-electron chi connectivity index (χ2n) is 3.37. The topological polar surface area (TPSA) is 24.4 Å². The molecule has 4 heteroatoms. The van der Waals surface area contributed by atoms with Gasteiger partial charge in [0.2, 0.25) is 0 Å². The number of hydrogen-bond donors (Lipinski definition) is 1. The van der Waals surface area contributed by atoms with Crippen LogP contribution in [0.25, 0.3) is 0 Å². The normalized spacial score (nSPS) is 10.7. The molecule has 2 aromatic rings. The Balaban J connectivity index is 2.11. The van der Waals surface area contributed by atoms with Crippen LogP contribution in [0, 0.1) is 0 Å². The van der Waals surface area contributed by atoms with Gasteiger partial charge >= 0.3 is 0 Å². The summed E-state index contributed by atoms with van der Waals surface area (Å²) in [6, 6.07) is 15.0. The Bertz CT molecular complexity index is 504. The van der Waals surface area contributed by atoms with Gasteiger partial charge in [-0.1, -0.05) is 47.5 Å². The van der Waals surface area contributed by atoms with Crippen LogP contribution >= 0.6 is 23.2 Å². The van der Waals surface area contributed by atoms with Crippen LogP contribution in [0.5, 0.6) is 0 Å². The highest BCUT2D eigenvalue weighted by atomic mass is 35.5. The minimum atomic E-state index is 0.580.